The van der Waals surface area contributed by atoms with Crippen LogP contribution in [0.15, 0.2) is 53.0 Å². The maximum Gasteiger partial charge on any atom is 0.254 e. The van der Waals surface area contributed by atoms with E-state index in [2.05, 4.69) is 21.2 Å². The third-order valence-electron chi connectivity index (χ3n) is 4.23. The third kappa shape index (κ3) is 3.67. The largest absolute Gasteiger partial charge is 0.327 e. The Labute approximate surface area is 150 Å². The van der Waals surface area contributed by atoms with Gasteiger partial charge in [-0.2, -0.15) is 0 Å². The third-order valence-corrected chi connectivity index (χ3v) is 4.76. The Kier molecular flexibility index (Phi) is 5.00. The van der Waals surface area contributed by atoms with Gasteiger partial charge in [-0.25, -0.2) is 0 Å². The molecular weight excluding hydrogens is 368 g/mol. The van der Waals surface area contributed by atoms with E-state index in [0.717, 1.165) is 22.1 Å². The fourth-order valence-corrected chi connectivity index (χ4v) is 3.17. The average Bonchev–Trinajstić information content (AvgIpc) is 3.07. The van der Waals surface area contributed by atoms with Crippen LogP contribution in [-0.4, -0.2) is 29.3 Å². The highest BCUT2D eigenvalue weighted by Crippen LogP contribution is 2.22. The lowest BCUT2D eigenvalue weighted by Crippen LogP contribution is -2.43. The zero-order chi connectivity index (χ0) is 17.1. The van der Waals surface area contributed by atoms with Crippen molar-refractivity contribution in [3.05, 3.63) is 64.1 Å². The summed E-state index contributed by atoms with van der Waals surface area (Å²) in [4.78, 5) is 27.0. The lowest BCUT2D eigenvalue weighted by Gasteiger charge is -2.24. The van der Waals surface area contributed by atoms with Crippen LogP contribution in [0.25, 0.3) is 0 Å². The summed E-state index contributed by atoms with van der Waals surface area (Å²) >= 11 is 3.37. The van der Waals surface area contributed by atoms with Gasteiger partial charge in [0.05, 0.1) is 0 Å². The molecule has 0 bridgehead atoms. The van der Waals surface area contributed by atoms with E-state index in [1.54, 1.807) is 17.0 Å². The molecule has 5 heteroatoms. The van der Waals surface area contributed by atoms with Gasteiger partial charge in [0.25, 0.3) is 5.91 Å². The molecule has 1 saturated heterocycles. The summed E-state index contributed by atoms with van der Waals surface area (Å²) in [5, 5.41) is 2.92. The summed E-state index contributed by atoms with van der Waals surface area (Å²) in [6, 6.07) is 14.5. The second kappa shape index (κ2) is 7.18. The Morgan fingerprint density at radius 1 is 1.08 bits per heavy atom. The number of benzene rings is 2. The smallest absolute Gasteiger partial charge is 0.254 e. The molecule has 1 fully saturated rings. The Balaban J connectivity index is 1.72. The molecule has 0 aromatic heterocycles. The van der Waals surface area contributed by atoms with E-state index in [9.17, 15) is 9.59 Å². The predicted molar refractivity (Wildman–Crippen MR) is 98.0 cm³/mol. The number of likely N-dealkylation sites (tertiary alicyclic amines) is 1. The Morgan fingerprint density at radius 2 is 1.75 bits per heavy atom. The van der Waals surface area contributed by atoms with Gasteiger partial charge < -0.3 is 10.2 Å². The van der Waals surface area contributed by atoms with Crippen molar-refractivity contribution in [2.24, 2.45) is 0 Å². The second-order valence-electron chi connectivity index (χ2n) is 6.02. The molecule has 1 N–H and O–H groups in total. The minimum Gasteiger partial charge on any atom is -0.327 e. The molecule has 1 heterocycles. The summed E-state index contributed by atoms with van der Waals surface area (Å²) in [6.07, 6.45) is 1.54. The fraction of sp³-hybridized carbons (Fsp3) is 0.263. The maximum absolute atomic E-state index is 12.7. The molecule has 2 aromatic rings. The molecule has 0 spiro atoms. The summed E-state index contributed by atoms with van der Waals surface area (Å²) in [6.45, 7) is 2.61. The normalized spacial score (nSPS) is 16.9. The molecule has 0 saturated carbocycles. The van der Waals surface area contributed by atoms with E-state index >= 15 is 0 Å². The van der Waals surface area contributed by atoms with E-state index < -0.39 is 6.04 Å². The van der Waals surface area contributed by atoms with Crippen LogP contribution in [0.5, 0.6) is 0 Å². The van der Waals surface area contributed by atoms with Crippen molar-refractivity contribution < 1.29 is 9.59 Å². The van der Waals surface area contributed by atoms with Gasteiger partial charge in [0.2, 0.25) is 5.91 Å². The molecule has 24 heavy (non-hydrogen) atoms. The van der Waals surface area contributed by atoms with Crippen LogP contribution in [0.3, 0.4) is 0 Å². The number of carbonyl (C=O) groups is 2. The Hall–Kier alpha value is -2.14. The molecule has 1 unspecified atom stereocenters. The lowest BCUT2D eigenvalue weighted by atomic mass is 10.1. The Bertz CT molecular complexity index is 741. The van der Waals surface area contributed by atoms with Crippen LogP contribution >= 0.6 is 15.9 Å². The van der Waals surface area contributed by atoms with E-state index in [1.165, 1.54) is 0 Å². The van der Waals surface area contributed by atoms with Crippen LogP contribution in [-0.2, 0) is 4.79 Å². The first-order chi connectivity index (χ1) is 11.5. The van der Waals surface area contributed by atoms with Gasteiger partial charge in [0, 0.05) is 22.3 Å². The highest BCUT2D eigenvalue weighted by Gasteiger charge is 2.34. The molecular formula is C19H19BrN2O2. The number of carbonyl (C=O) groups excluding carboxylic acids is 2. The highest BCUT2D eigenvalue weighted by atomic mass is 79.9. The quantitative estimate of drug-likeness (QED) is 0.866. The van der Waals surface area contributed by atoms with Gasteiger partial charge in [-0.05, 0) is 56.2 Å². The first kappa shape index (κ1) is 16.7. The van der Waals surface area contributed by atoms with E-state index in [1.807, 2.05) is 43.3 Å². The molecule has 1 atom stereocenters. The number of anilines is 1. The summed E-state index contributed by atoms with van der Waals surface area (Å²) in [7, 11) is 0. The van der Waals surface area contributed by atoms with Crippen LogP contribution < -0.4 is 5.32 Å². The van der Waals surface area contributed by atoms with E-state index in [4.69, 9.17) is 0 Å². The predicted octanol–water partition coefficient (Wildman–Crippen LogP) is 4.00. The number of hydrogen-bond acceptors (Lipinski definition) is 2. The van der Waals surface area contributed by atoms with Crippen LogP contribution in [0.1, 0.15) is 28.8 Å². The number of aryl methyl sites for hydroxylation is 1. The number of amides is 2. The maximum atomic E-state index is 12.7. The molecule has 0 aliphatic carbocycles. The molecule has 1 aliphatic rings. The number of hydrogen-bond donors (Lipinski definition) is 1. The first-order valence-electron chi connectivity index (χ1n) is 7.98. The van der Waals surface area contributed by atoms with Crippen molar-refractivity contribution in [3.63, 3.8) is 0 Å². The molecule has 4 nitrogen and oxygen atoms in total. The minimum absolute atomic E-state index is 0.0935. The van der Waals surface area contributed by atoms with Crippen molar-refractivity contribution in [1.82, 2.24) is 4.90 Å². The van der Waals surface area contributed by atoms with Crippen LogP contribution in [0.4, 0.5) is 5.69 Å². The van der Waals surface area contributed by atoms with Crippen molar-refractivity contribution in [3.8, 4) is 0 Å². The molecule has 124 valence electrons. The van der Waals surface area contributed by atoms with Gasteiger partial charge in [-0.3, -0.25) is 9.59 Å². The van der Waals surface area contributed by atoms with Crippen molar-refractivity contribution >= 4 is 33.4 Å². The Morgan fingerprint density at radius 3 is 2.42 bits per heavy atom. The molecule has 2 amide bonds. The van der Waals surface area contributed by atoms with E-state index in [0.29, 0.717) is 18.5 Å². The first-order valence-corrected chi connectivity index (χ1v) is 8.78. The minimum atomic E-state index is -0.414. The average molecular weight is 387 g/mol. The number of halogens is 1. The molecule has 1 aliphatic heterocycles. The number of rotatable bonds is 3. The standard InChI is InChI=1S/C19H19BrN2O2/c1-13-4-10-16(11-5-13)21-18(23)17-3-2-12-22(17)19(24)14-6-8-15(20)9-7-14/h4-11,17H,2-3,12H2,1H3,(H,21,23). The van der Waals surface area contributed by atoms with Crippen LogP contribution in [0, 0.1) is 6.92 Å². The highest BCUT2D eigenvalue weighted by molar-refractivity contribution is 9.10. The van der Waals surface area contributed by atoms with Gasteiger partial charge in [-0.1, -0.05) is 33.6 Å². The molecule has 0 radical (unpaired) electrons. The number of nitrogens with zero attached hydrogens (tertiary/aromatic N) is 1. The van der Waals surface area contributed by atoms with E-state index in [-0.39, 0.29) is 11.8 Å². The van der Waals surface area contributed by atoms with Gasteiger partial charge >= 0.3 is 0 Å². The van der Waals surface area contributed by atoms with Gasteiger partial charge in [-0.15, -0.1) is 0 Å². The summed E-state index contributed by atoms with van der Waals surface area (Å²) in [5.41, 5.74) is 2.50. The fourth-order valence-electron chi connectivity index (χ4n) is 2.90. The zero-order valence-corrected chi connectivity index (χ0v) is 15.0. The summed E-state index contributed by atoms with van der Waals surface area (Å²) in [5.74, 6) is -0.217. The second-order valence-corrected chi connectivity index (χ2v) is 6.93. The number of nitrogens with one attached hydrogen (secondary N) is 1. The summed E-state index contributed by atoms with van der Waals surface area (Å²) < 4.78 is 0.925. The monoisotopic (exact) mass is 386 g/mol. The van der Waals surface area contributed by atoms with Gasteiger partial charge in [0.1, 0.15) is 6.04 Å². The molecule has 2 aromatic carbocycles. The van der Waals surface area contributed by atoms with Crippen LogP contribution in [0.2, 0.25) is 0 Å². The zero-order valence-electron chi connectivity index (χ0n) is 13.5. The van der Waals surface area contributed by atoms with Crippen molar-refractivity contribution in [2.75, 3.05) is 11.9 Å². The van der Waals surface area contributed by atoms with Crippen molar-refractivity contribution in [1.29, 1.82) is 0 Å². The topological polar surface area (TPSA) is 49.4 Å². The molecule has 3 rings (SSSR count). The lowest BCUT2D eigenvalue weighted by molar-refractivity contribution is -0.119. The van der Waals surface area contributed by atoms with Crippen molar-refractivity contribution in [2.45, 2.75) is 25.8 Å². The SMILES string of the molecule is Cc1ccc(NC(=O)C2CCCN2C(=O)c2ccc(Br)cc2)cc1. The van der Waals surface area contributed by atoms with Gasteiger partial charge in [0.15, 0.2) is 0 Å².